The summed E-state index contributed by atoms with van der Waals surface area (Å²) in [4.78, 5) is 26.5. The monoisotopic (exact) mass is 451 g/mol. The van der Waals surface area contributed by atoms with Crippen LogP contribution in [0.4, 0.5) is 5.82 Å². The number of carbonyl (C=O) groups is 1. The van der Waals surface area contributed by atoms with Crippen LogP contribution in [0.3, 0.4) is 0 Å². The van der Waals surface area contributed by atoms with Crippen molar-refractivity contribution in [2.45, 2.75) is 31.3 Å². The van der Waals surface area contributed by atoms with Crippen LogP contribution in [-0.2, 0) is 12.3 Å². The summed E-state index contributed by atoms with van der Waals surface area (Å²) in [5, 5.41) is 3.61. The third-order valence-electron chi connectivity index (χ3n) is 5.49. The van der Waals surface area contributed by atoms with Crippen LogP contribution in [0, 0.1) is 6.92 Å². The number of benzene rings is 1. The second kappa shape index (κ2) is 10.7. The Hall–Kier alpha value is -2.84. The minimum absolute atomic E-state index is 0.217. The Morgan fingerprint density at radius 3 is 2.62 bits per heavy atom. The van der Waals surface area contributed by atoms with E-state index < -0.39 is 0 Å². The number of hydrogen-bond donors (Lipinski definition) is 1. The van der Waals surface area contributed by atoms with Crippen LogP contribution in [-0.4, -0.2) is 53.5 Å². The van der Waals surface area contributed by atoms with Crippen LogP contribution >= 0.6 is 11.8 Å². The Morgan fingerprint density at radius 2 is 1.88 bits per heavy atom. The topological polar surface area (TPSA) is 74.5 Å². The number of nitrogens with zero attached hydrogens (tertiary/aromatic N) is 4. The van der Waals surface area contributed by atoms with Gasteiger partial charge in [-0.05, 0) is 31.2 Å². The number of rotatable bonds is 8. The molecule has 0 radical (unpaired) electrons. The molecule has 3 heterocycles. The molecule has 32 heavy (non-hydrogen) atoms. The lowest BCUT2D eigenvalue weighted by atomic mass is 10.2. The molecule has 0 bridgehead atoms. The van der Waals surface area contributed by atoms with Gasteiger partial charge >= 0.3 is 0 Å². The number of anilines is 1. The van der Waals surface area contributed by atoms with Gasteiger partial charge in [0.05, 0.1) is 5.75 Å². The molecule has 1 aromatic carbocycles. The van der Waals surface area contributed by atoms with Crippen molar-refractivity contribution in [1.82, 2.24) is 20.2 Å². The van der Waals surface area contributed by atoms with Gasteiger partial charge in [0.15, 0.2) is 10.9 Å². The fourth-order valence-corrected chi connectivity index (χ4v) is 4.42. The third-order valence-corrected chi connectivity index (χ3v) is 6.36. The van der Waals surface area contributed by atoms with Crippen molar-refractivity contribution in [2.24, 2.45) is 0 Å². The molecule has 1 aliphatic rings. The standard InChI is InChI=1S/C24H29N5O2S/c1-3-28-11-13-29(14-12-28)22-15-18(2)26-24(27-22)32-17-20-9-10-21(31-20)23(30)25-16-19-7-5-4-6-8-19/h4-10,15H,3,11-14,16-17H2,1-2H3,(H,25,30). The molecule has 0 spiro atoms. The number of carbonyl (C=O) groups excluding carboxylic acids is 1. The lowest BCUT2D eigenvalue weighted by molar-refractivity contribution is 0.0921. The van der Waals surface area contributed by atoms with Crippen LogP contribution in [0.25, 0.3) is 0 Å². The van der Waals surface area contributed by atoms with Gasteiger partial charge in [0, 0.05) is 44.5 Å². The molecule has 4 rings (SSSR count). The first-order valence-corrected chi connectivity index (χ1v) is 12.0. The number of amides is 1. The molecule has 1 amide bonds. The van der Waals surface area contributed by atoms with Crippen LogP contribution in [0.2, 0.25) is 0 Å². The van der Waals surface area contributed by atoms with Gasteiger partial charge in [0.2, 0.25) is 0 Å². The summed E-state index contributed by atoms with van der Waals surface area (Å²) >= 11 is 1.52. The molecule has 2 aromatic heterocycles. The molecule has 1 saturated heterocycles. The normalized spacial score (nSPS) is 14.5. The van der Waals surface area contributed by atoms with E-state index in [9.17, 15) is 4.79 Å². The molecular formula is C24H29N5O2S. The Kier molecular flexibility index (Phi) is 7.44. The Labute approximate surface area is 193 Å². The van der Waals surface area contributed by atoms with Gasteiger partial charge in [0.1, 0.15) is 11.6 Å². The summed E-state index contributed by atoms with van der Waals surface area (Å²) in [6, 6.07) is 15.4. The number of piperazine rings is 1. The molecule has 0 saturated carbocycles. The fraction of sp³-hybridized carbons (Fsp3) is 0.375. The molecule has 0 aliphatic carbocycles. The van der Waals surface area contributed by atoms with E-state index in [4.69, 9.17) is 9.40 Å². The van der Waals surface area contributed by atoms with Gasteiger partial charge in [-0.15, -0.1) is 0 Å². The molecule has 7 nitrogen and oxygen atoms in total. The van der Waals surface area contributed by atoms with Crippen molar-refractivity contribution in [1.29, 1.82) is 0 Å². The van der Waals surface area contributed by atoms with Gasteiger partial charge in [-0.25, -0.2) is 9.97 Å². The highest BCUT2D eigenvalue weighted by molar-refractivity contribution is 7.98. The summed E-state index contributed by atoms with van der Waals surface area (Å²) in [6.45, 7) is 9.84. The van der Waals surface area contributed by atoms with Gasteiger partial charge in [-0.1, -0.05) is 49.0 Å². The predicted molar refractivity (Wildman–Crippen MR) is 127 cm³/mol. The quantitative estimate of drug-likeness (QED) is 0.413. The van der Waals surface area contributed by atoms with Gasteiger partial charge in [0.25, 0.3) is 5.91 Å². The maximum absolute atomic E-state index is 12.4. The largest absolute Gasteiger partial charge is 0.455 e. The molecule has 1 fully saturated rings. The van der Waals surface area contributed by atoms with E-state index >= 15 is 0 Å². The van der Waals surface area contributed by atoms with Crippen molar-refractivity contribution >= 4 is 23.5 Å². The minimum atomic E-state index is -0.217. The number of nitrogens with one attached hydrogen (secondary N) is 1. The summed E-state index contributed by atoms with van der Waals surface area (Å²) < 4.78 is 5.75. The number of thioether (sulfide) groups is 1. The predicted octanol–water partition coefficient (Wildman–Crippen LogP) is 3.74. The van der Waals surface area contributed by atoms with E-state index in [1.165, 1.54) is 11.8 Å². The average Bonchev–Trinajstić information content (AvgIpc) is 3.31. The van der Waals surface area contributed by atoms with E-state index in [2.05, 4.69) is 27.0 Å². The minimum Gasteiger partial charge on any atom is -0.455 e. The SMILES string of the molecule is CCN1CCN(c2cc(C)nc(SCc3ccc(C(=O)NCc4ccccc4)o3)n2)CC1. The van der Waals surface area contributed by atoms with Crippen LogP contribution in [0.15, 0.2) is 58.1 Å². The zero-order valence-corrected chi connectivity index (χ0v) is 19.4. The summed E-state index contributed by atoms with van der Waals surface area (Å²) in [6.07, 6.45) is 0. The van der Waals surface area contributed by atoms with Crippen molar-refractivity contribution < 1.29 is 9.21 Å². The average molecular weight is 452 g/mol. The van der Waals surface area contributed by atoms with Gasteiger partial charge in [-0.2, -0.15) is 0 Å². The Bertz CT molecular complexity index is 1030. The van der Waals surface area contributed by atoms with E-state index in [-0.39, 0.29) is 5.91 Å². The number of likely N-dealkylation sites (N-methyl/N-ethyl adjacent to an activating group) is 1. The summed E-state index contributed by atoms with van der Waals surface area (Å²) in [5.41, 5.74) is 2.00. The van der Waals surface area contributed by atoms with Crippen molar-refractivity contribution in [3.63, 3.8) is 0 Å². The van der Waals surface area contributed by atoms with E-state index in [1.54, 1.807) is 6.07 Å². The second-order valence-electron chi connectivity index (χ2n) is 7.79. The first-order chi connectivity index (χ1) is 15.6. The maximum Gasteiger partial charge on any atom is 0.287 e. The Morgan fingerprint density at radius 1 is 1.09 bits per heavy atom. The molecule has 1 aliphatic heterocycles. The number of hydrogen-bond acceptors (Lipinski definition) is 7. The van der Waals surface area contributed by atoms with Crippen molar-refractivity contribution in [3.05, 3.63) is 71.3 Å². The molecule has 1 N–H and O–H groups in total. The van der Waals surface area contributed by atoms with E-state index in [1.807, 2.05) is 49.4 Å². The number of aryl methyl sites for hydroxylation is 1. The van der Waals surface area contributed by atoms with E-state index in [0.717, 1.165) is 60.7 Å². The summed E-state index contributed by atoms with van der Waals surface area (Å²) in [7, 11) is 0. The second-order valence-corrected chi connectivity index (χ2v) is 8.74. The molecule has 3 aromatic rings. The smallest absolute Gasteiger partial charge is 0.287 e. The maximum atomic E-state index is 12.4. The molecule has 8 heteroatoms. The first kappa shape index (κ1) is 22.4. The highest BCUT2D eigenvalue weighted by atomic mass is 32.2. The first-order valence-electron chi connectivity index (χ1n) is 11.0. The zero-order valence-electron chi connectivity index (χ0n) is 18.6. The van der Waals surface area contributed by atoms with Crippen molar-refractivity contribution in [3.8, 4) is 0 Å². The van der Waals surface area contributed by atoms with E-state index in [0.29, 0.717) is 18.1 Å². The molecular weight excluding hydrogens is 422 g/mol. The lowest BCUT2D eigenvalue weighted by Gasteiger charge is -2.34. The highest BCUT2D eigenvalue weighted by Gasteiger charge is 2.18. The number of aromatic nitrogens is 2. The van der Waals surface area contributed by atoms with Gasteiger partial charge in [-0.3, -0.25) is 4.79 Å². The van der Waals surface area contributed by atoms with Crippen LogP contribution in [0.1, 0.15) is 34.5 Å². The van der Waals surface area contributed by atoms with Crippen LogP contribution in [0.5, 0.6) is 0 Å². The zero-order chi connectivity index (χ0) is 22.3. The van der Waals surface area contributed by atoms with Crippen LogP contribution < -0.4 is 10.2 Å². The molecule has 0 atom stereocenters. The molecule has 168 valence electrons. The molecule has 0 unspecified atom stereocenters. The van der Waals surface area contributed by atoms with Crippen molar-refractivity contribution in [2.75, 3.05) is 37.6 Å². The third kappa shape index (κ3) is 5.89. The lowest BCUT2D eigenvalue weighted by Crippen LogP contribution is -2.46. The fourth-order valence-electron chi connectivity index (χ4n) is 3.62. The summed E-state index contributed by atoms with van der Waals surface area (Å²) in [5.74, 6) is 2.37. The Balaban J connectivity index is 1.32. The number of furan rings is 1. The van der Waals surface area contributed by atoms with Gasteiger partial charge < -0.3 is 19.5 Å². The highest BCUT2D eigenvalue weighted by Crippen LogP contribution is 2.24.